The molecule has 1 heterocycles. The van der Waals surface area contributed by atoms with Gasteiger partial charge >= 0.3 is 0 Å². The van der Waals surface area contributed by atoms with E-state index in [0.29, 0.717) is 5.56 Å². The SMILES string of the molecule is Cc1ccc(CN2C(=O)C(c3ccc(F)cc3)=C(N(C)CCO)C2=O)cc1. The molecule has 6 heteroatoms. The minimum atomic E-state index is -0.424. The van der Waals surface area contributed by atoms with Gasteiger partial charge < -0.3 is 10.0 Å². The molecule has 27 heavy (non-hydrogen) atoms. The fraction of sp³-hybridized carbons (Fsp3) is 0.238. The second-order valence-corrected chi connectivity index (χ2v) is 6.56. The van der Waals surface area contributed by atoms with Crippen molar-refractivity contribution >= 4 is 17.4 Å². The predicted octanol–water partition coefficient (Wildman–Crippen LogP) is 2.34. The maximum Gasteiger partial charge on any atom is 0.278 e. The Morgan fingerprint density at radius 1 is 1.00 bits per heavy atom. The van der Waals surface area contributed by atoms with Crippen LogP contribution in [0.4, 0.5) is 4.39 Å². The van der Waals surface area contributed by atoms with Crippen LogP contribution in [0.2, 0.25) is 0 Å². The Labute approximate surface area is 157 Å². The fourth-order valence-electron chi connectivity index (χ4n) is 3.08. The van der Waals surface area contributed by atoms with Crippen LogP contribution >= 0.6 is 0 Å². The van der Waals surface area contributed by atoms with Crippen molar-refractivity contribution in [3.8, 4) is 0 Å². The van der Waals surface area contributed by atoms with E-state index in [2.05, 4.69) is 0 Å². The van der Waals surface area contributed by atoms with Gasteiger partial charge in [-0.05, 0) is 30.2 Å². The van der Waals surface area contributed by atoms with E-state index in [0.717, 1.165) is 11.1 Å². The minimum absolute atomic E-state index is 0.152. The van der Waals surface area contributed by atoms with E-state index < -0.39 is 17.6 Å². The molecule has 0 saturated heterocycles. The predicted molar refractivity (Wildman–Crippen MR) is 99.8 cm³/mol. The zero-order valence-corrected chi connectivity index (χ0v) is 15.3. The third-order valence-corrected chi connectivity index (χ3v) is 4.55. The lowest BCUT2D eigenvalue weighted by molar-refractivity contribution is -0.138. The highest BCUT2D eigenvalue weighted by Gasteiger charge is 2.40. The van der Waals surface area contributed by atoms with E-state index in [1.54, 1.807) is 11.9 Å². The summed E-state index contributed by atoms with van der Waals surface area (Å²) in [6, 6.07) is 13.1. The van der Waals surface area contributed by atoms with Crippen LogP contribution in [0, 0.1) is 12.7 Å². The standard InChI is InChI=1S/C21H21FN2O3/c1-14-3-5-15(6-4-14)13-24-20(26)18(16-7-9-17(22)10-8-16)19(21(24)27)23(2)11-12-25/h3-10,25H,11-13H2,1-2H3. The zero-order valence-electron chi connectivity index (χ0n) is 15.3. The molecule has 5 nitrogen and oxygen atoms in total. The molecule has 0 aliphatic carbocycles. The van der Waals surface area contributed by atoms with Crippen LogP contribution in [0.25, 0.3) is 5.57 Å². The molecule has 0 unspecified atom stereocenters. The van der Waals surface area contributed by atoms with Crippen molar-refractivity contribution in [2.45, 2.75) is 13.5 Å². The van der Waals surface area contributed by atoms with Crippen molar-refractivity contribution in [2.75, 3.05) is 20.2 Å². The van der Waals surface area contributed by atoms with Crippen molar-refractivity contribution in [3.63, 3.8) is 0 Å². The van der Waals surface area contributed by atoms with E-state index >= 15 is 0 Å². The molecule has 0 spiro atoms. The Morgan fingerprint density at radius 2 is 1.63 bits per heavy atom. The van der Waals surface area contributed by atoms with Crippen molar-refractivity contribution in [1.29, 1.82) is 0 Å². The number of nitrogens with zero attached hydrogens (tertiary/aromatic N) is 2. The number of amides is 2. The molecule has 140 valence electrons. The number of aliphatic hydroxyl groups excluding tert-OH is 1. The van der Waals surface area contributed by atoms with Gasteiger partial charge in [0, 0.05) is 13.6 Å². The van der Waals surface area contributed by atoms with Crippen LogP contribution in [0.3, 0.4) is 0 Å². The first kappa shape index (κ1) is 18.8. The zero-order chi connectivity index (χ0) is 19.6. The molecule has 0 bridgehead atoms. The number of benzene rings is 2. The normalized spacial score (nSPS) is 14.3. The van der Waals surface area contributed by atoms with E-state index in [1.807, 2.05) is 31.2 Å². The highest BCUT2D eigenvalue weighted by molar-refractivity contribution is 6.35. The first-order valence-corrected chi connectivity index (χ1v) is 8.66. The molecular weight excluding hydrogens is 347 g/mol. The molecule has 0 radical (unpaired) electrons. The van der Waals surface area contributed by atoms with E-state index in [4.69, 9.17) is 0 Å². The first-order chi connectivity index (χ1) is 12.9. The maximum absolute atomic E-state index is 13.3. The second-order valence-electron chi connectivity index (χ2n) is 6.56. The third-order valence-electron chi connectivity index (χ3n) is 4.55. The summed E-state index contributed by atoms with van der Waals surface area (Å²) in [6.07, 6.45) is 0. The highest BCUT2D eigenvalue weighted by Crippen LogP contribution is 2.32. The number of imide groups is 1. The minimum Gasteiger partial charge on any atom is -0.395 e. The lowest BCUT2D eigenvalue weighted by Gasteiger charge is -2.20. The number of hydrogen-bond donors (Lipinski definition) is 1. The van der Waals surface area contributed by atoms with Gasteiger partial charge in [0.25, 0.3) is 11.8 Å². The summed E-state index contributed by atoms with van der Waals surface area (Å²) in [7, 11) is 1.65. The largest absolute Gasteiger partial charge is 0.395 e. The molecule has 0 saturated carbocycles. The Kier molecular flexibility index (Phi) is 5.37. The van der Waals surface area contributed by atoms with Crippen LogP contribution in [0.15, 0.2) is 54.2 Å². The number of aryl methyl sites for hydroxylation is 1. The number of halogens is 1. The molecule has 1 aliphatic heterocycles. The van der Waals surface area contributed by atoms with Gasteiger partial charge in [-0.15, -0.1) is 0 Å². The van der Waals surface area contributed by atoms with Crippen LogP contribution in [-0.2, 0) is 16.1 Å². The number of carbonyl (C=O) groups is 2. The number of hydrogen-bond acceptors (Lipinski definition) is 4. The van der Waals surface area contributed by atoms with E-state index in [9.17, 15) is 19.1 Å². The Bertz CT molecular complexity index is 889. The average molecular weight is 368 g/mol. The van der Waals surface area contributed by atoms with Crippen molar-refractivity contribution in [2.24, 2.45) is 0 Å². The van der Waals surface area contributed by atoms with Crippen LogP contribution < -0.4 is 0 Å². The molecule has 1 aliphatic rings. The molecular formula is C21H21FN2O3. The van der Waals surface area contributed by atoms with Gasteiger partial charge in [-0.2, -0.15) is 0 Å². The number of carbonyl (C=O) groups excluding carboxylic acids is 2. The summed E-state index contributed by atoms with van der Waals surface area (Å²) in [5, 5.41) is 9.25. The molecule has 2 aromatic rings. The summed E-state index contributed by atoms with van der Waals surface area (Å²) in [6.45, 7) is 2.17. The smallest absolute Gasteiger partial charge is 0.278 e. The summed E-state index contributed by atoms with van der Waals surface area (Å²) >= 11 is 0. The molecule has 2 amide bonds. The van der Waals surface area contributed by atoms with E-state index in [-0.39, 0.29) is 31.0 Å². The van der Waals surface area contributed by atoms with Crippen molar-refractivity contribution in [1.82, 2.24) is 9.80 Å². The van der Waals surface area contributed by atoms with Crippen molar-refractivity contribution < 1.29 is 19.1 Å². The van der Waals surface area contributed by atoms with Crippen LogP contribution in [0.5, 0.6) is 0 Å². The average Bonchev–Trinajstić information content (AvgIpc) is 2.89. The van der Waals surface area contributed by atoms with Gasteiger partial charge in [-0.3, -0.25) is 14.5 Å². The van der Waals surface area contributed by atoms with Gasteiger partial charge in [-0.1, -0.05) is 42.0 Å². The lowest BCUT2D eigenvalue weighted by atomic mass is 10.0. The molecule has 0 atom stereocenters. The maximum atomic E-state index is 13.3. The first-order valence-electron chi connectivity index (χ1n) is 8.66. The second kappa shape index (κ2) is 7.72. The van der Waals surface area contributed by atoms with E-state index in [1.165, 1.54) is 29.2 Å². The van der Waals surface area contributed by atoms with Crippen LogP contribution in [-0.4, -0.2) is 46.9 Å². The molecule has 1 N–H and O–H groups in total. The van der Waals surface area contributed by atoms with Gasteiger partial charge in [-0.25, -0.2) is 4.39 Å². The Balaban J connectivity index is 1.99. The number of likely N-dealkylation sites (N-methyl/N-ethyl adjacent to an activating group) is 1. The summed E-state index contributed by atoms with van der Waals surface area (Å²) < 4.78 is 13.3. The molecule has 0 fully saturated rings. The molecule has 3 rings (SSSR count). The fourth-order valence-corrected chi connectivity index (χ4v) is 3.08. The summed E-state index contributed by atoms with van der Waals surface area (Å²) in [5.74, 6) is -1.26. The molecule has 0 aromatic heterocycles. The Morgan fingerprint density at radius 3 is 2.22 bits per heavy atom. The summed E-state index contributed by atoms with van der Waals surface area (Å²) in [4.78, 5) is 28.8. The summed E-state index contributed by atoms with van der Waals surface area (Å²) in [5.41, 5.74) is 2.84. The van der Waals surface area contributed by atoms with Gasteiger partial charge in [0.1, 0.15) is 11.5 Å². The Hall–Kier alpha value is -2.99. The van der Waals surface area contributed by atoms with Gasteiger partial charge in [0.2, 0.25) is 0 Å². The van der Waals surface area contributed by atoms with Gasteiger partial charge in [0.15, 0.2) is 0 Å². The number of rotatable bonds is 6. The van der Waals surface area contributed by atoms with Crippen LogP contribution in [0.1, 0.15) is 16.7 Å². The highest BCUT2D eigenvalue weighted by atomic mass is 19.1. The lowest BCUT2D eigenvalue weighted by Crippen LogP contribution is -2.34. The monoisotopic (exact) mass is 368 g/mol. The van der Waals surface area contributed by atoms with Crippen molar-refractivity contribution in [3.05, 3.63) is 76.7 Å². The number of aliphatic hydroxyl groups is 1. The quantitative estimate of drug-likeness (QED) is 0.795. The topological polar surface area (TPSA) is 60.9 Å². The van der Waals surface area contributed by atoms with Gasteiger partial charge in [0.05, 0.1) is 18.7 Å². The third kappa shape index (κ3) is 3.75. The molecule has 2 aromatic carbocycles.